The summed E-state index contributed by atoms with van der Waals surface area (Å²) >= 11 is 0. The Morgan fingerprint density at radius 1 is 1.28 bits per heavy atom. The number of aryl methyl sites for hydroxylation is 3. The molecule has 0 saturated heterocycles. The number of guanidine groups is 1. The van der Waals surface area contributed by atoms with Crippen LogP contribution in [0, 0.1) is 13.8 Å². The van der Waals surface area contributed by atoms with Gasteiger partial charge in [-0.25, -0.2) is 4.99 Å². The molecule has 3 N–H and O–H groups in total. The van der Waals surface area contributed by atoms with Gasteiger partial charge in [-0.3, -0.25) is 4.68 Å². The maximum absolute atomic E-state index is 10.7. The first-order valence-corrected chi connectivity index (χ1v) is 9.76. The Balaban J connectivity index is 0.00000420. The van der Waals surface area contributed by atoms with Gasteiger partial charge in [0.05, 0.1) is 19.3 Å². The van der Waals surface area contributed by atoms with Gasteiger partial charge in [-0.2, -0.15) is 5.10 Å². The highest BCUT2D eigenvalue weighted by Crippen LogP contribution is 2.22. The average molecular weight is 515 g/mol. The highest BCUT2D eigenvalue weighted by atomic mass is 127. The number of rotatable bonds is 9. The van der Waals surface area contributed by atoms with E-state index in [0.717, 1.165) is 42.0 Å². The summed E-state index contributed by atoms with van der Waals surface area (Å²) < 4.78 is 7.61. The number of hydrogen-bond acceptors (Lipinski definition) is 4. The summed E-state index contributed by atoms with van der Waals surface area (Å²) in [5.41, 5.74) is 1.99. The molecule has 7 nitrogen and oxygen atoms in total. The predicted octanol–water partition coefficient (Wildman–Crippen LogP) is 2.89. The highest BCUT2D eigenvalue weighted by Gasteiger charge is 2.24. The van der Waals surface area contributed by atoms with Crippen LogP contribution in [0.4, 0.5) is 0 Å². The average Bonchev–Trinajstić information content (AvgIpc) is 3.09. The number of aliphatic imine (C=N–C) groups is 1. The molecule has 0 amide bonds. The Hall–Kier alpha value is -1.81. The molecule has 1 unspecified atom stereocenters. The second kappa shape index (κ2) is 12.0. The first-order chi connectivity index (χ1) is 13.3. The zero-order valence-electron chi connectivity index (χ0n) is 18.0. The SMILES string of the molecule is CCNC(=NCC(C)(O)c1cnn(C)c1)NCCCOc1c(C)cccc1C.I. The van der Waals surface area contributed by atoms with Crippen LogP contribution in [0.3, 0.4) is 0 Å². The monoisotopic (exact) mass is 515 g/mol. The van der Waals surface area contributed by atoms with Crippen LogP contribution in [0.2, 0.25) is 0 Å². The molecule has 0 radical (unpaired) electrons. The fraction of sp³-hybridized carbons (Fsp3) is 0.524. The topological polar surface area (TPSA) is 83.7 Å². The maximum Gasteiger partial charge on any atom is 0.191 e. The summed E-state index contributed by atoms with van der Waals surface area (Å²) in [5.74, 6) is 1.65. The molecule has 0 aliphatic carbocycles. The molecule has 1 aromatic heterocycles. The second-order valence-electron chi connectivity index (χ2n) is 7.22. The number of ether oxygens (including phenoxy) is 1. The minimum Gasteiger partial charge on any atom is -0.493 e. The van der Waals surface area contributed by atoms with Crippen molar-refractivity contribution in [1.29, 1.82) is 0 Å². The lowest BCUT2D eigenvalue weighted by Gasteiger charge is -2.20. The van der Waals surface area contributed by atoms with Gasteiger partial charge in [0.1, 0.15) is 11.4 Å². The van der Waals surface area contributed by atoms with Crippen molar-refractivity contribution >= 4 is 29.9 Å². The van der Waals surface area contributed by atoms with E-state index in [4.69, 9.17) is 4.74 Å². The normalized spacial score (nSPS) is 13.4. The number of aliphatic hydroxyl groups is 1. The zero-order chi connectivity index (χ0) is 20.6. The van der Waals surface area contributed by atoms with E-state index in [2.05, 4.69) is 46.7 Å². The molecule has 0 spiro atoms. The maximum atomic E-state index is 10.7. The van der Waals surface area contributed by atoms with Crippen LogP contribution in [-0.2, 0) is 12.6 Å². The zero-order valence-corrected chi connectivity index (χ0v) is 20.4. The molecule has 162 valence electrons. The lowest BCUT2D eigenvalue weighted by atomic mass is 10.0. The minimum atomic E-state index is -1.07. The van der Waals surface area contributed by atoms with E-state index >= 15 is 0 Å². The van der Waals surface area contributed by atoms with Gasteiger partial charge in [0.2, 0.25) is 0 Å². The Morgan fingerprint density at radius 3 is 2.55 bits per heavy atom. The second-order valence-corrected chi connectivity index (χ2v) is 7.22. The predicted molar refractivity (Wildman–Crippen MR) is 128 cm³/mol. The summed E-state index contributed by atoms with van der Waals surface area (Å²) in [5, 5.41) is 21.3. The van der Waals surface area contributed by atoms with Gasteiger partial charge < -0.3 is 20.5 Å². The summed E-state index contributed by atoms with van der Waals surface area (Å²) in [6.07, 6.45) is 4.32. The molecule has 0 saturated carbocycles. The molecule has 1 heterocycles. The fourth-order valence-corrected chi connectivity index (χ4v) is 2.85. The Morgan fingerprint density at radius 2 is 1.97 bits per heavy atom. The molecule has 0 aliphatic heterocycles. The van der Waals surface area contributed by atoms with Crippen LogP contribution in [0.25, 0.3) is 0 Å². The molecule has 8 heteroatoms. The molecular weight excluding hydrogens is 481 g/mol. The summed E-state index contributed by atoms with van der Waals surface area (Å²) in [7, 11) is 1.83. The summed E-state index contributed by atoms with van der Waals surface area (Å²) in [6, 6.07) is 6.16. The first-order valence-electron chi connectivity index (χ1n) is 9.76. The van der Waals surface area contributed by atoms with Crippen molar-refractivity contribution in [3.8, 4) is 5.75 Å². The van der Waals surface area contributed by atoms with E-state index in [9.17, 15) is 5.11 Å². The number of nitrogens with one attached hydrogen (secondary N) is 2. The molecule has 2 aromatic rings. The largest absolute Gasteiger partial charge is 0.493 e. The van der Waals surface area contributed by atoms with Crippen molar-refractivity contribution in [3.05, 3.63) is 47.3 Å². The van der Waals surface area contributed by atoms with Crippen LogP contribution < -0.4 is 15.4 Å². The van der Waals surface area contributed by atoms with Crippen LogP contribution in [0.1, 0.15) is 37.0 Å². The third-order valence-corrected chi connectivity index (χ3v) is 4.48. The minimum absolute atomic E-state index is 0. The van der Waals surface area contributed by atoms with Crippen LogP contribution in [-0.4, -0.2) is 47.1 Å². The van der Waals surface area contributed by atoms with Crippen LogP contribution in [0.5, 0.6) is 5.75 Å². The van der Waals surface area contributed by atoms with Gasteiger partial charge in [0, 0.05) is 31.9 Å². The highest BCUT2D eigenvalue weighted by molar-refractivity contribution is 14.0. The van der Waals surface area contributed by atoms with E-state index in [1.807, 2.05) is 20.0 Å². The lowest BCUT2D eigenvalue weighted by molar-refractivity contribution is 0.0672. The molecule has 0 aliphatic rings. The quantitative estimate of drug-likeness (QED) is 0.207. The number of benzene rings is 1. The Kier molecular flexibility index (Phi) is 10.5. The number of hydrogen-bond donors (Lipinski definition) is 3. The fourth-order valence-electron chi connectivity index (χ4n) is 2.85. The molecule has 1 aromatic carbocycles. The number of nitrogens with zero attached hydrogens (tertiary/aromatic N) is 3. The van der Waals surface area contributed by atoms with Gasteiger partial charge in [0.15, 0.2) is 5.96 Å². The molecule has 2 rings (SSSR count). The molecule has 0 fully saturated rings. The molecule has 1 atom stereocenters. The van der Waals surface area contributed by atoms with Crippen molar-refractivity contribution < 1.29 is 9.84 Å². The molecular formula is C21H34IN5O2. The van der Waals surface area contributed by atoms with E-state index in [0.29, 0.717) is 12.6 Å². The van der Waals surface area contributed by atoms with E-state index < -0.39 is 5.60 Å². The van der Waals surface area contributed by atoms with Crippen molar-refractivity contribution in [3.63, 3.8) is 0 Å². The number of para-hydroxylation sites is 1. The van der Waals surface area contributed by atoms with Gasteiger partial charge in [0.25, 0.3) is 0 Å². The van der Waals surface area contributed by atoms with Crippen molar-refractivity contribution in [2.75, 3.05) is 26.2 Å². The van der Waals surface area contributed by atoms with E-state index in [1.165, 1.54) is 0 Å². The third-order valence-electron chi connectivity index (χ3n) is 4.48. The Bertz CT molecular complexity index is 769. The summed E-state index contributed by atoms with van der Waals surface area (Å²) in [6.45, 7) is 10.2. The van der Waals surface area contributed by atoms with Gasteiger partial charge in [-0.15, -0.1) is 24.0 Å². The molecule has 29 heavy (non-hydrogen) atoms. The molecule has 0 bridgehead atoms. The smallest absolute Gasteiger partial charge is 0.191 e. The number of halogens is 1. The van der Waals surface area contributed by atoms with Crippen molar-refractivity contribution in [2.24, 2.45) is 12.0 Å². The van der Waals surface area contributed by atoms with Gasteiger partial charge in [-0.1, -0.05) is 18.2 Å². The standard InChI is InChI=1S/C21H33N5O2.HI/c1-6-22-20(24-15-21(4,27)18-13-25-26(5)14-18)23-11-8-12-28-19-16(2)9-7-10-17(19)3;/h7,9-10,13-14,27H,6,8,11-12,15H2,1-5H3,(H2,22,23,24);1H. The number of aromatic nitrogens is 2. The van der Waals surface area contributed by atoms with Crippen LogP contribution >= 0.6 is 24.0 Å². The summed E-state index contributed by atoms with van der Waals surface area (Å²) in [4.78, 5) is 4.52. The van der Waals surface area contributed by atoms with Gasteiger partial charge in [-0.05, 0) is 45.2 Å². The lowest BCUT2D eigenvalue weighted by Crippen LogP contribution is -2.39. The van der Waals surface area contributed by atoms with Crippen molar-refractivity contribution in [1.82, 2.24) is 20.4 Å². The first kappa shape index (κ1) is 25.2. The van der Waals surface area contributed by atoms with Gasteiger partial charge >= 0.3 is 0 Å². The van der Waals surface area contributed by atoms with Crippen LogP contribution in [0.15, 0.2) is 35.6 Å². The Labute approximate surface area is 191 Å². The van der Waals surface area contributed by atoms with E-state index in [1.54, 1.807) is 24.0 Å². The van der Waals surface area contributed by atoms with E-state index in [-0.39, 0.29) is 30.5 Å². The van der Waals surface area contributed by atoms with Crippen molar-refractivity contribution in [2.45, 2.75) is 39.7 Å². The third kappa shape index (κ3) is 7.85.